The Labute approximate surface area is 96.6 Å². The van der Waals surface area contributed by atoms with Crippen LogP contribution in [0.4, 0.5) is 0 Å². The SMILES string of the molecule is Cc1n[nH]c(C)c1CNC(C)CS(C)(=O)=O. The Morgan fingerprint density at radius 2 is 2.06 bits per heavy atom. The molecule has 1 heterocycles. The lowest BCUT2D eigenvalue weighted by atomic mass is 10.2. The van der Waals surface area contributed by atoms with Crippen LogP contribution < -0.4 is 5.32 Å². The molecule has 1 atom stereocenters. The van der Waals surface area contributed by atoms with Crippen LogP contribution in [0, 0.1) is 13.8 Å². The van der Waals surface area contributed by atoms with Crippen LogP contribution in [0.3, 0.4) is 0 Å². The second-order valence-corrected chi connectivity index (χ2v) is 6.47. The van der Waals surface area contributed by atoms with Gasteiger partial charge in [-0.15, -0.1) is 0 Å². The van der Waals surface area contributed by atoms with E-state index in [1.807, 2.05) is 20.8 Å². The zero-order valence-electron chi connectivity index (χ0n) is 10.2. The topological polar surface area (TPSA) is 74.8 Å². The third-order valence-corrected chi connectivity index (χ3v) is 3.57. The number of rotatable bonds is 5. The van der Waals surface area contributed by atoms with Crippen molar-refractivity contribution in [1.82, 2.24) is 15.5 Å². The summed E-state index contributed by atoms with van der Waals surface area (Å²) in [4.78, 5) is 0. The molecule has 0 fully saturated rings. The number of hydrogen-bond donors (Lipinski definition) is 2. The second-order valence-electron chi connectivity index (χ2n) is 4.29. The fourth-order valence-electron chi connectivity index (χ4n) is 1.62. The van der Waals surface area contributed by atoms with E-state index < -0.39 is 9.84 Å². The number of H-pyrrole nitrogens is 1. The van der Waals surface area contributed by atoms with Crippen molar-refractivity contribution in [3.05, 3.63) is 17.0 Å². The first-order valence-corrected chi connectivity index (χ1v) is 7.27. The van der Waals surface area contributed by atoms with Crippen molar-refractivity contribution >= 4 is 9.84 Å². The highest BCUT2D eigenvalue weighted by molar-refractivity contribution is 7.90. The Hall–Kier alpha value is -0.880. The lowest BCUT2D eigenvalue weighted by Crippen LogP contribution is -2.32. The molecule has 16 heavy (non-hydrogen) atoms. The van der Waals surface area contributed by atoms with Crippen molar-refractivity contribution < 1.29 is 8.42 Å². The molecule has 1 aromatic heterocycles. The molecule has 0 aromatic carbocycles. The summed E-state index contributed by atoms with van der Waals surface area (Å²) in [6.07, 6.45) is 1.25. The Kier molecular flexibility index (Phi) is 4.09. The predicted octanol–water partition coefficient (Wildman–Crippen LogP) is 0.549. The van der Waals surface area contributed by atoms with Crippen molar-refractivity contribution in [3.8, 4) is 0 Å². The molecule has 5 nitrogen and oxygen atoms in total. The van der Waals surface area contributed by atoms with Crippen LogP contribution in [0.5, 0.6) is 0 Å². The van der Waals surface area contributed by atoms with Crippen molar-refractivity contribution in [2.75, 3.05) is 12.0 Å². The van der Waals surface area contributed by atoms with E-state index in [4.69, 9.17) is 0 Å². The minimum Gasteiger partial charge on any atom is -0.309 e. The van der Waals surface area contributed by atoms with Crippen LogP contribution in [-0.4, -0.2) is 36.7 Å². The molecule has 92 valence electrons. The summed E-state index contributed by atoms with van der Waals surface area (Å²) in [6.45, 7) is 6.40. The average Bonchev–Trinajstić information content (AvgIpc) is 2.41. The van der Waals surface area contributed by atoms with Crippen molar-refractivity contribution in [2.24, 2.45) is 0 Å². The number of aryl methyl sites for hydroxylation is 2. The van der Waals surface area contributed by atoms with Gasteiger partial charge in [0.25, 0.3) is 0 Å². The van der Waals surface area contributed by atoms with Gasteiger partial charge in [-0.2, -0.15) is 5.10 Å². The fraction of sp³-hybridized carbons (Fsp3) is 0.700. The second kappa shape index (κ2) is 4.97. The third kappa shape index (κ3) is 3.94. The van der Waals surface area contributed by atoms with Gasteiger partial charge in [0.2, 0.25) is 0 Å². The Morgan fingerprint density at radius 3 is 2.50 bits per heavy atom. The van der Waals surface area contributed by atoms with E-state index in [0.29, 0.717) is 6.54 Å². The monoisotopic (exact) mass is 245 g/mol. The quantitative estimate of drug-likeness (QED) is 0.794. The summed E-state index contributed by atoms with van der Waals surface area (Å²) in [5.41, 5.74) is 3.09. The number of nitrogens with one attached hydrogen (secondary N) is 2. The van der Waals surface area contributed by atoms with Crippen LogP contribution >= 0.6 is 0 Å². The molecule has 0 saturated heterocycles. The summed E-state index contributed by atoms with van der Waals surface area (Å²) in [5, 5.41) is 10.2. The lowest BCUT2D eigenvalue weighted by Gasteiger charge is -2.12. The molecule has 0 aliphatic carbocycles. The van der Waals surface area contributed by atoms with Crippen molar-refractivity contribution in [1.29, 1.82) is 0 Å². The van der Waals surface area contributed by atoms with Gasteiger partial charge in [0, 0.05) is 30.1 Å². The molecule has 1 aromatic rings. The van der Waals surface area contributed by atoms with Gasteiger partial charge in [-0.1, -0.05) is 0 Å². The van der Waals surface area contributed by atoms with Gasteiger partial charge in [0.15, 0.2) is 0 Å². The summed E-state index contributed by atoms with van der Waals surface area (Å²) in [7, 11) is -2.92. The number of aromatic nitrogens is 2. The van der Waals surface area contributed by atoms with Crippen LogP contribution in [0.2, 0.25) is 0 Å². The largest absolute Gasteiger partial charge is 0.309 e. The number of aromatic amines is 1. The van der Waals surface area contributed by atoms with Crippen LogP contribution in [0.15, 0.2) is 0 Å². The Morgan fingerprint density at radius 1 is 1.44 bits per heavy atom. The van der Waals surface area contributed by atoms with Gasteiger partial charge < -0.3 is 5.32 Å². The summed E-state index contributed by atoms with van der Waals surface area (Å²) < 4.78 is 22.2. The lowest BCUT2D eigenvalue weighted by molar-refractivity contribution is 0.559. The van der Waals surface area contributed by atoms with E-state index in [0.717, 1.165) is 17.0 Å². The van der Waals surface area contributed by atoms with E-state index in [1.165, 1.54) is 6.26 Å². The van der Waals surface area contributed by atoms with Gasteiger partial charge in [-0.05, 0) is 20.8 Å². The van der Waals surface area contributed by atoms with Crippen LogP contribution in [-0.2, 0) is 16.4 Å². The molecule has 6 heteroatoms. The molecule has 0 aliphatic rings. The maximum Gasteiger partial charge on any atom is 0.148 e. The molecular weight excluding hydrogens is 226 g/mol. The number of sulfone groups is 1. The maximum atomic E-state index is 11.1. The van der Waals surface area contributed by atoms with Crippen LogP contribution in [0.1, 0.15) is 23.9 Å². The molecule has 0 saturated carbocycles. The van der Waals surface area contributed by atoms with Gasteiger partial charge >= 0.3 is 0 Å². The van der Waals surface area contributed by atoms with Gasteiger partial charge in [-0.25, -0.2) is 8.42 Å². The highest BCUT2D eigenvalue weighted by Gasteiger charge is 2.12. The molecule has 1 rings (SSSR count). The third-order valence-electron chi connectivity index (χ3n) is 2.46. The van der Waals surface area contributed by atoms with E-state index in [2.05, 4.69) is 15.5 Å². The van der Waals surface area contributed by atoms with E-state index >= 15 is 0 Å². The molecule has 1 unspecified atom stereocenters. The van der Waals surface area contributed by atoms with Gasteiger partial charge in [0.1, 0.15) is 9.84 Å². The first-order valence-electron chi connectivity index (χ1n) is 5.21. The average molecular weight is 245 g/mol. The van der Waals surface area contributed by atoms with E-state index in [1.54, 1.807) is 0 Å². The summed E-state index contributed by atoms with van der Waals surface area (Å²) >= 11 is 0. The van der Waals surface area contributed by atoms with E-state index in [-0.39, 0.29) is 11.8 Å². The zero-order valence-corrected chi connectivity index (χ0v) is 11.0. The predicted molar refractivity (Wildman–Crippen MR) is 64.1 cm³/mol. The molecule has 0 aliphatic heterocycles. The minimum absolute atomic E-state index is 0.0521. The van der Waals surface area contributed by atoms with E-state index in [9.17, 15) is 8.42 Å². The fourth-order valence-corrected chi connectivity index (χ4v) is 2.65. The van der Waals surface area contributed by atoms with Crippen molar-refractivity contribution in [2.45, 2.75) is 33.4 Å². The summed E-state index contributed by atoms with van der Waals surface area (Å²) in [6, 6.07) is -0.0521. The Balaban J connectivity index is 2.52. The molecule has 0 spiro atoms. The Bertz CT molecular complexity index is 431. The van der Waals surface area contributed by atoms with Crippen molar-refractivity contribution in [3.63, 3.8) is 0 Å². The van der Waals surface area contributed by atoms with Gasteiger partial charge in [0.05, 0.1) is 11.4 Å². The highest BCUT2D eigenvalue weighted by Crippen LogP contribution is 2.08. The smallest absolute Gasteiger partial charge is 0.148 e. The molecule has 2 N–H and O–H groups in total. The molecular formula is C10H19N3O2S. The molecule has 0 amide bonds. The van der Waals surface area contributed by atoms with Gasteiger partial charge in [-0.3, -0.25) is 5.10 Å². The molecule has 0 bridgehead atoms. The number of hydrogen-bond acceptors (Lipinski definition) is 4. The minimum atomic E-state index is -2.92. The summed E-state index contributed by atoms with van der Waals surface area (Å²) in [5.74, 6) is 0.156. The first kappa shape index (κ1) is 13.2. The highest BCUT2D eigenvalue weighted by atomic mass is 32.2. The molecule has 0 radical (unpaired) electrons. The zero-order chi connectivity index (χ0) is 12.3. The first-order chi connectivity index (χ1) is 7.29. The standard InChI is InChI=1S/C10H19N3O2S/c1-7(6-16(4,14)15)11-5-10-8(2)12-13-9(10)3/h7,11H,5-6H2,1-4H3,(H,12,13). The number of nitrogens with zero attached hydrogens (tertiary/aromatic N) is 1. The maximum absolute atomic E-state index is 11.1. The van der Waals surface area contributed by atoms with Crippen LogP contribution in [0.25, 0.3) is 0 Å². The normalized spacial score (nSPS) is 14.0.